The second-order valence-electron chi connectivity index (χ2n) is 6.51. The topological polar surface area (TPSA) is 87.1 Å². The van der Waals surface area contributed by atoms with Gasteiger partial charge in [-0.25, -0.2) is 8.42 Å². The molecule has 2 aromatic carbocycles. The van der Waals surface area contributed by atoms with Crippen LogP contribution in [0.2, 0.25) is 0 Å². The van der Waals surface area contributed by atoms with Gasteiger partial charge in [0, 0.05) is 12.8 Å². The SMILES string of the molecule is CCOc1cc(C(CS(C)(=O)=O)N2Cc3ccccc3C2O)ccc1O. The van der Waals surface area contributed by atoms with E-state index in [-0.39, 0.29) is 11.5 Å². The van der Waals surface area contributed by atoms with Gasteiger partial charge in [0.05, 0.1) is 18.4 Å². The van der Waals surface area contributed by atoms with Gasteiger partial charge in [-0.1, -0.05) is 30.3 Å². The smallest absolute Gasteiger partial charge is 0.161 e. The van der Waals surface area contributed by atoms with Crippen LogP contribution in [-0.2, 0) is 16.4 Å². The Hall–Kier alpha value is -2.09. The van der Waals surface area contributed by atoms with E-state index in [0.29, 0.717) is 24.5 Å². The van der Waals surface area contributed by atoms with Crippen molar-refractivity contribution >= 4 is 9.84 Å². The minimum absolute atomic E-state index is 0.000961. The molecule has 0 aliphatic carbocycles. The summed E-state index contributed by atoms with van der Waals surface area (Å²) in [7, 11) is -3.31. The molecule has 1 aliphatic heterocycles. The molecule has 0 bridgehead atoms. The van der Waals surface area contributed by atoms with Crippen molar-refractivity contribution in [2.45, 2.75) is 25.7 Å². The van der Waals surface area contributed by atoms with Crippen LogP contribution in [-0.4, -0.2) is 42.1 Å². The van der Waals surface area contributed by atoms with Gasteiger partial charge >= 0.3 is 0 Å². The van der Waals surface area contributed by atoms with E-state index >= 15 is 0 Å². The number of hydrogen-bond donors (Lipinski definition) is 2. The molecule has 2 atom stereocenters. The monoisotopic (exact) mass is 377 g/mol. The summed E-state index contributed by atoms with van der Waals surface area (Å²) in [6.07, 6.45) is 0.293. The van der Waals surface area contributed by atoms with E-state index < -0.39 is 22.1 Å². The summed E-state index contributed by atoms with van der Waals surface area (Å²) in [6.45, 7) is 2.63. The number of hydrogen-bond acceptors (Lipinski definition) is 6. The molecule has 2 N–H and O–H groups in total. The lowest BCUT2D eigenvalue weighted by molar-refractivity contribution is -0.0121. The molecule has 3 rings (SSSR count). The number of aliphatic hydroxyl groups excluding tert-OH is 1. The van der Waals surface area contributed by atoms with E-state index in [1.165, 1.54) is 12.3 Å². The van der Waals surface area contributed by atoms with Gasteiger partial charge < -0.3 is 14.9 Å². The molecular formula is C19H23NO5S. The number of sulfone groups is 1. The number of fused-ring (bicyclic) bond motifs is 1. The van der Waals surface area contributed by atoms with Crippen molar-refractivity contribution < 1.29 is 23.4 Å². The third kappa shape index (κ3) is 3.85. The first kappa shape index (κ1) is 18.7. The maximum absolute atomic E-state index is 12.0. The van der Waals surface area contributed by atoms with Crippen molar-refractivity contribution in [1.29, 1.82) is 0 Å². The van der Waals surface area contributed by atoms with Crippen molar-refractivity contribution in [3.05, 3.63) is 59.2 Å². The summed E-state index contributed by atoms with van der Waals surface area (Å²) >= 11 is 0. The first-order valence-corrected chi connectivity index (χ1v) is 10.5. The zero-order valence-corrected chi connectivity index (χ0v) is 15.6. The number of rotatable bonds is 6. The minimum atomic E-state index is -3.31. The van der Waals surface area contributed by atoms with E-state index in [2.05, 4.69) is 0 Å². The summed E-state index contributed by atoms with van der Waals surface area (Å²) < 4.78 is 29.5. The van der Waals surface area contributed by atoms with Crippen molar-refractivity contribution in [2.24, 2.45) is 0 Å². The van der Waals surface area contributed by atoms with Crippen LogP contribution in [0.5, 0.6) is 11.5 Å². The standard InChI is InChI=1S/C19H23NO5S/c1-3-25-18-10-13(8-9-17(18)21)16(12-26(2,23)24)20-11-14-6-4-5-7-15(14)19(20)22/h4-10,16,19,21-22H,3,11-12H2,1-2H3. The van der Waals surface area contributed by atoms with Crippen molar-refractivity contribution in [2.75, 3.05) is 18.6 Å². The quantitative estimate of drug-likeness (QED) is 0.804. The summed E-state index contributed by atoms with van der Waals surface area (Å²) in [4.78, 5) is 1.76. The zero-order valence-electron chi connectivity index (χ0n) is 14.8. The van der Waals surface area contributed by atoms with Gasteiger partial charge in [0.2, 0.25) is 0 Å². The fourth-order valence-corrected chi connectivity index (χ4v) is 4.31. The third-order valence-electron chi connectivity index (χ3n) is 4.53. The lowest BCUT2D eigenvalue weighted by Crippen LogP contribution is -2.32. The maximum atomic E-state index is 12.0. The number of aromatic hydroxyl groups is 1. The van der Waals surface area contributed by atoms with Crippen LogP contribution in [0.15, 0.2) is 42.5 Å². The Morgan fingerprint density at radius 1 is 1.27 bits per heavy atom. The van der Waals surface area contributed by atoms with E-state index in [1.54, 1.807) is 24.0 Å². The highest BCUT2D eigenvalue weighted by Crippen LogP contribution is 2.40. The molecule has 1 heterocycles. The molecule has 26 heavy (non-hydrogen) atoms. The van der Waals surface area contributed by atoms with E-state index in [4.69, 9.17) is 4.74 Å². The first-order chi connectivity index (χ1) is 12.3. The number of ether oxygens (including phenoxy) is 1. The largest absolute Gasteiger partial charge is 0.504 e. The predicted molar refractivity (Wildman–Crippen MR) is 98.7 cm³/mol. The highest BCUT2D eigenvalue weighted by atomic mass is 32.2. The number of nitrogens with zero attached hydrogens (tertiary/aromatic N) is 1. The molecule has 7 heteroatoms. The Morgan fingerprint density at radius 3 is 2.65 bits per heavy atom. The van der Waals surface area contributed by atoms with Gasteiger partial charge in [-0.05, 0) is 35.7 Å². The van der Waals surface area contributed by atoms with Gasteiger partial charge in [0.25, 0.3) is 0 Å². The molecule has 0 fully saturated rings. The lowest BCUT2D eigenvalue weighted by Gasteiger charge is -2.31. The highest BCUT2D eigenvalue weighted by Gasteiger charge is 2.36. The van der Waals surface area contributed by atoms with Crippen LogP contribution in [0.4, 0.5) is 0 Å². The normalized spacial score (nSPS) is 18.5. The van der Waals surface area contributed by atoms with E-state index in [0.717, 1.165) is 11.1 Å². The van der Waals surface area contributed by atoms with Crippen molar-refractivity contribution in [1.82, 2.24) is 4.90 Å². The molecule has 0 saturated heterocycles. The summed E-state index contributed by atoms with van der Waals surface area (Å²) in [5, 5.41) is 20.7. The molecule has 0 spiro atoms. The van der Waals surface area contributed by atoms with Gasteiger partial charge in [-0.3, -0.25) is 4.90 Å². The Balaban J connectivity index is 2.01. The summed E-state index contributed by atoms with van der Waals surface area (Å²) in [5.74, 6) is 0.155. The third-order valence-corrected chi connectivity index (χ3v) is 5.45. The Bertz CT molecular complexity index is 897. The molecule has 1 aliphatic rings. The van der Waals surface area contributed by atoms with Crippen molar-refractivity contribution in [3.63, 3.8) is 0 Å². The number of phenols is 1. The lowest BCUT2D eigenvalue weighted by atomic mass is 10.1. The maximum Gasteiger partial charge on any atom is 0.161 e. The van der Waals surface area contributed by atoms with Gasteiger partial charge in [-0.15, -0.1) is 0 Å². The Labute approximate surface area is 153 Å². The molecule has 2 aromatic rings. The minimum Gasteiger partial charge on any atom is -0.504 e. The zero-order chi connectivity index (χ0) is 18.9. The second kappa shape index (κ2) is 7.26. The average molecular weight is 377 g/mol. The predicted octanol–water partition coefficient (Wildman–Crippen LogP) is 2.38. The average Bonchev–Trinajstić information content (AvgIpc) is 2.91. The number of aliphatic hydroxyl groups is 1. The second-order valence-corrected chi connectivity index (χ2v) is 8.70. The van der Waals surface area contributed by atoms with Gasteiger partial charge in [0.1, 0.15) is 16.1 Å². The van der Waals surface area contributed by atoms with Crippen LogP contribution >= 0.6 is 0 Å². The van der Waals surface area contributed by atoms with Crippen molar-refractivity contribution in [3.8, 4) is 11.5 Å². The number of phenolic OH excluding ortho intramolecular Hbond substituents is 1. The first-order valence-electron chi connectivity index (χ1n) is 8.45. The Morgan fingerprint density at radius 2 is 2.00 bits per heavy atom. The number of benzene rings is 2. The molecule has 0 amide bonds. The molecule has 0 saturated carbocycles. The molecule has 6 nitrogen and oxygen atoms in total. The summed E-state index contributed by atoms with van der Waals surface area (Å²) in [6, 6.07) is 11.8. The van der Waals surface area contributed by atoms with Gasteiger partial charge in [0.15, 0.2) is 11.5 Å². The van der Waals surface area contributed by atoms with E-state index in [1.807, 2.05) is 24.3 Å². The molecular weight excluding hydrogens is 354 g/mol. The highest BCUT2D eigenvalue weighted by molar-refractivity contribution is 7.90. The molecule has 0 aromatic heterocycles. The molecule has 140 valence electrons. The molecule has 2 unspecified atom stereocenters. The van der Waals surface area contributed by atoms with Gasteiger partial charge in [-0.2, -0.15) is 0 Å². The van der Waals surface area contributed by atoms with Crippen LogP contribution in [0.25, 0.3) is 0 Å². The fraction of sp³-hybridized carbons (Fsp3) is 0.368. The van der Waals surface area contributed by atoms with Crippen LogP contribution in [0.3, 0.4) is 0 Å². The fourth-order valence-electron chi connectivity index (χ4n) is 3.35. The van der Waals surface area contributed by atoms with Crippen LogP contribution < -0.4 is 4.74 Å². The Kier molecular flexibility index (Phi) is 5.22. The van der Waals surface area contributed by atoms with Crippen LogP contribution in [0, 0.1) is 0 Å². The van der Waals surface area contributed by atoms with Crippen LogP contribution in [0.1, 0.15) is 35.9 Å². The summed E-state index contributed by atoms with van der Waals surface area (Å²) in [5.41, 5.74) is 2.43. The van der Waals surface area contributed by atoms with E-state index in [9.17, 15) is 18.6 Å². The molecule has 0 radical (unpaired) electrons.